The van der Waals surface area contributed by atoms with E-state index in [9.17, 15) is 5.11 Å². The molecule has 3 nitrogen and oxygen atoms in total. The second-order valence-electron chi connectivity index (χ2n) is 9.50. The van der Waals surface area contributed by atoms with Crippen molar-refractivity contribution in [3.8, 4) is 11.5 Å². The highest BCUT2D eigenvalue weighted by atomic mass is 16.5. The molecule has 4 rings (SSSR count). The zero-order chi connectivity index (χ0) is 18.7. The first kappa shape index (κ1) is 17.9. The third-order valence-electron chi connectivity index (χ3n) is 7.51. The van der Waals surface area contributed by atoms with Gasteiger partial charge >= 0.3 is 0 Å². The van der Waals surface area contributed by atoms with Gasteiger partial charge in [-0.05, 0) is 75.0 Å². The minimum absolute atomic E-state index is 0.0673. The first-order valence-electron chi connectivity index (χ1n) is 9.97. The molecule has 142 valence electrons. The van der Waals surface area contributed by atoms with Gasteiger partial charge in [0.15, 0.2) is 0 Å². The van der Waals surface area contributed by atoms with E-state index in [0.717, 1.165) is 36.3 Å². The smallest absolute Gasteiger partial charge is 0.126 e. The van der Waals surface area contributed by atoms with Crippen molar-refractivity contribution < 1.29 is 14.6 Å². The molecule has 1 fully saturated rings. The first-order valence-corrected chi connectivity index (χ1v) is 9.97. The van der Waals surface area contributed by atoms with Crippen molar-refractivity contribution in [2.75, 3.05) is 7.11 Å². The van der Waals surface area contributed by atoms with Gasteiger partial charge < -0.3 is 14.6 Å². The Morgan fingerprint density at radius 2 is 1.96 bits per heavy atom. The van der Waals surface area contributed by atoms with Crippen LogP contribution in [0.1, 0.15) is 65.0 Å². The molecular weight excluding hydrogens is 324 g/mol. The van der Waals surface area contributed by atoms with E-state index in [1.54, 1.807) is 7.11 Å². The lowest BCUT2D eigenvalue weighted by Gasteiger charge is -2.53. The lowest BCUT2D eigenvalue weighted by Crippen LogP contribution is -2.49. The van der Waals surface area contributed by atoms with Crippen LogP contribution in [0.4, 0.5) is 0 Å². The normalized spacial score (nSPS) is 40.0. The van der Waals surface area contributed by atoms with Crippen molar-refractivity contribution in [3.05, 3.63) is 35.4 Å². The summed E-state index contributed by atoms with van der Waals surface area (Å²) in [6.07, 6.45) is 6.15. The third-order valence-corrected chi connectivity index (χ3v) is 7.51. The molecule has 3 aliphatic rings. The van der Waals surface area contributed by atoms with E-state index >= 15 is 0 Å². The van der Waals surface area contributed by atoms with Gasteiger partial charge in [-0.2, -0.15) is 0 Å². The average Bonchev–Trinajstić information content (AvgIpc) is 2.62. The fourth-order valence-corrected chi connectivity index (χ4v) is 5.69. The highest BCUT2D eigenvalue weighted by Crippen LogP contribution is 2.58. The van der Waals surface area contributed by atoms with E-state index in [2.05, 4.69) is 33.8 Å². The Hall–Kier alpha value is -1.48. The van der Waals surface area contributed by atoms with Gasteiger partial charge in [0.1, 0.15) is 17.1 Å². The minimum Gasteiger partial charge on any atom is -0.497 e. The molecular formula is C23H32O3. The molecule has 0 radical (unpaired) electrons. The standard InChI is InChI=1S/C23H32O3/c1-14-6-8-19-21(24)16-12-15(25-5)7-9-20(16)26-23(19,4)11-10-18-17(14)13-22(18,2)3/h6-7,9,12,17-19,21,24H,8,10-11,13H2,1-5H3/b14-6-/t17-,18-,19+,21-,23-/m1/s1. The number of ether oxygens (including phenoxy) is 2. The summed E-state index contributed by atoms with van der Waals surface area (Å²) < 4.78 is 11.9. The molecule has 2 aliphatic carbocycles. The maximum atomic E-state index is 11.2. The number of aliphatic hydroxyl groups excluding tert-OH is 1. The molecule has 1 N–H and O–H groups in total. The highest BCUT2D eigenvalue weighted by Gasteiger charge is 2.52. The number of methoxy groups -OCH3 is 1. The van der Waals surface area contributed by atoms with Crippen LogP contribution in [-0.2, 0) is 0 Å². The predicted molar refractivity (Wildman–Crippen MR) is 103 cm³/mol. The van der Waals surface area contributed by atoms with Crippen molar-refractivity contribution in [1.82, 2.24) is 0 Å². The molecule has 0 unspecified atom stereocenters. The quantitative estimate of drug-likeness (QED) is 0.695. The molecule has 3 heteroatoms. The molecule has 1 saturated carbocycles. The molecule has 0 aromatic heterocycles. The summed E-state index contributed by atoms with van der Waals surface area (Å²) in [6.45, 7) is 9.28. The van der Waals surface area contributed by atoms with E-state index in [-0.39, 0.29) is 11.5 Å². The summed E-state index contributed by atoms with van der Waals surface area (Å²) in [6, 6.07) is 5.79. The van der Waals surface area contributed by atoms with E-state index in [1.807, 2.05) is 18.2 Å². The second-order valence-corrected chi connectivity index (χ2v) is 9.50. The lowest BCUT2D eigenvalue weighted by molar-refractivity contribution is -0.0806. The summed E-state index contributed by atoms with van der Waals surface area (Å²) in [5, 5.41) is 11.2. The molecule has 1 aliphatic heterocycles. The van der Waals surface area contributed by atoms with E-state index in [4.69, 9.17) is 9.47 Å². The van der Waals surface area contributed by atoms with Crippen molar-refractivity contribution in [2.45, 2.75) is 65.1 Å². The molecule has 0 bridgehead atoms. The van der Waals surface area contributed by atoms with Crippen LogP contribution in [-0.4, -0.2) is 17.8 Å². The molecule has 0 amide bonds. The number of allylic oxidation sites excluding steroid dienone is 2. The van der Waals surface area contributed by atoms with Crippen molar-refractivity contribution in [2.24, 2.45) is 23.2 Å². The number of hydrogen-bond donors (Lipinski definition) is 1. The monoisotopic (exact) mass is 356 g/mol. The Bertz CT molecular complexity index is 735. The molecule has 0 saturated heterocycles. The minimum atomic E-state index is -0.522. The van der Waals surface area contributed by atoms with Crippen molar-refractivity contribution in [1.29, 1.82) is 0 Å². The maximum Gasteiger partial charge on any atom is 0.126 e. The van der Waals surface area contributed by atoms with Crippen LogP contribution in [0.25, 0.3) is 0 Å². The number of benzene rings is 1. The summed E-state index contributed by atoms with van der Waals surface area (Å²) >= 11 is 0. The zero-order valence-corrected chi connectivity index (χ0v) is 16.7. The van der Waals surface area contributed by atoms with E-state index < -0.39 is 6.10 Å². The third kappa shape index (κ3) is 2.67. The van der Waals surface area contributed by atoms with Gasteiger partial charge in [-0.25, -0.2) is 0 Å². The van der Waals surface area contributed by atoms with Crippen LogP contribution in [0.5, 0.6) is 11.5 Å². The summed E-state index contributed by atoms with van der Waals surface area (Å²) in [5.74, 6) is 3.06. The largest absolute Gasteiger partial charge is 0.497 e. The van der Waals surface area contributed by atoms with Gasteiger partial charge in [-0.15, -0.1) is 0 Å². The van der Waals surface area contributed by atoms with Crippen LogP contribution in [0.2, 0.25) is 0 Å². The summed E-state index contributed by atoms with van der Waals surface area (Å²) in [4.78, 5) is 0. The number of hydrogen-bond acceptors (Lipinski definition) is 3. The van der Waals surface area contributed by atoms with Gasteiger partial charge in [-0.1, -0.05) is 25.5 Å². The summed E-state index contributed by atoms with van der Waals surface area (Å²) in [5.41, 5.74) is 2.44. The van der Waals surface area contributed by atoms with Crippen LogP contribution in [0.3, 0.4) is 0 Å². The first-order chi connectivity index (χ1) is 12.2. The Balaban J connectivity index is 1.70. The molecule has 5 atom stereocenters. The van der Waals surface area contributed by atoms with Gasteiger partial charge in [0.2, 0.25) is 0 Å². The molecule has 1 aromatic rings. The fraction of sp³-hybridized carbons (Fsp3) is 0.652. The van der Waals surface area contributed by atoms with Gasteiger partial charge in [-0.3, -0.25) is 0 Å². The molecule has 1 aromatic carbocycles. The van der Waals surface area contributed by atoms with E-state index in [0.29, 0.717) is 17.3 Å². The van der Waals surface area contributed by atoms with Crippen molar-refractivity contribution in [3.63, 3.8) is 0 Å². The number of aliphatic hydroxyl groups is 1. The summed E-state index contributed by atoms with van der Waals surface area (Å²) in [7, 11) is 1.66. The van der Waals surface area contributed by atoms with Crippen LogP contribution in [0.15, 0.2) is 29.8 Å². The molecule has 26 heavy (non-hydrogen) atoms. The van der Waals surface area contributed by atoms with Crippen LogP contribution >= 0.6 is 0 Å². The van der Waals surface area contributed by atoms with Gasteiger partial charge in [0.05, 0.1) is 13.2 Å². The SMILES string of the molecule is COc1ccc2c(c1)[C@@H](O)[C@@H]1C/C=C(/C)[C@H]3CC(C)(C)[C@@H]3CC[C@@]1(C)O2. The number of fused-ring (bicyclic) bond motifs is 3. The van der Waals surface area contributed by atoms with E-state index in [1.165, 1.54) is 12.0 Å². The van der Waals surface area contributed by atoms with Crippen molar-refractivity contribution >= 4 is 0 Å². The molecule has 0 spiro atoms. The Morgan fingerprint density at radius 3 is 2.65 bits per heavy atom. The Labute approximate surface area is 157 Å². The second kappa shape index (κ2) is 6.02. The average molecular weight is 357 g/mol. The molecule has 1 heterocycles. The number of rotatable bonds is 1. The highest BCUT2D eigenvalue weighted by molar-refractivity contribution is 5.44. The maximum absolute atomic E-state index is 11.2. The lowest BCUT2D eigenvalue weighted by atomic mass is 9.52. The van der Waals surface area contributed by atoms with Gasteiger partial charge in [0, 0.05) is 11.5 Å². The Morgan fingerprint density at radius 1 is 1.19 bits per heavy atom. The fourth-order valence-electron chi connectivity index (χ4n) is 5.69. The zero-order valence-electron chi connectivity index (χ0n) is 16.7. The topological polar surface area (TPSA) is 38.7 Å². The van der Waals surface area contributed by atoms with Crippen LogP contribution < -0.4 is 9.47 Å². The predicted octanol–water partition coefficient (Wildman–Crippen LogP) is 5.29. The van der Waals surface area contributed by atoms with Crippen LogP contribution in [0, 0.1) is 23.2 Å². The Kier molecular flexibility index (Phi) is 4.15. The van der Waals surface area contributed by atoms with Gasteiger partial charge in [0.25, 0.3) is 0 Å².